The summed E-state index contributed by atoms with van der Waals surface area (Å²) in [5, 5.41) is 2.90. The minimum atomic E-state index is -0.565. The minimum Gasteiger partial charge on any atom is -0.462 e. The first-order chi connectivity index (χ1) is 5.95. The Morgan fingerprint density at radius 1 is 1.54 bits per heavy atom. The van der Waals surface area contributed by atoms with Gasteiger partial charge >= 0.3 is 0 Å². The van der Waals surface area contributed by atoms with Crippen LogP contribution in [0.25, 0.3) is 0 Å². The summed E-state index contributed by atoms with van der Waals surface area (Å²) >= 11 is 0. The number of rotatable bonds is 1. The van der Waals surface area contributed by atoms with Gasteiger partial charge in [-0.15, -0.1) is 0 Å². The molecule has 0 aromatic heterocycles. The molecule has 0 aliphatic carbocycles. The lowest BCUT2D eigenvalue weighted by Gasteiger charge is -2.14. The number of halogens is 1. The lowest BCUT2D eigenvalue weighted by Crippen LogP contribution is -2.17. The fraction of sp³-hybridized carbons (Fsp3) is 0.889. The van der Waals surface area contributed by atoms with Crippen molar-refractivity contribution in [2.24, 2.45) is 0 Å². The highest BCUT2D eigenvalue weighted by atomic mass is 19.1. The normalized spacial score (nSPS) is 21.7. The smallest absolute Gasteiger partial charge is 0.293 e. The molecule has 4 heteroatoms. The molecule has 1 aliphatic rings. The molecule has 1 heterocycles. The van der Waals surface area contributed by atoms with E-state index in [4.69, 9.17) is 0 Å². The first kappa shape index (κ1) is 12.4. The second kappa shape index (κ2) is 5.91. The molecular formula is C9H18FNO2. The number of carbonyl (C=O) groups is 1. The summed E-state index contributed by atoms with van der Waals surface area (Å²) in [6.07, 6.45) is 0.144. The van der Waals surface area contributed by atoms with E-state index >= 15 is 0 Å². The molecule has 1 fully saturated rings. The standard InChI is InChI=1S/C5H10O2.C4H8FN/c1-5(2,3)7-4-6;5-4-1-2-6-3-4/h4H,1-3H3;4,6H,1-3H2/t;4-/m.1/s1. The Labute approximate surface area is 78.6 Å². The van der Waals surface area contributed by atoms with E-state index in [0.29, 0.717) is 19.4 Å². The first-order valence-electron chi connectivity index (χ1n) is 4.42. The van der Waals surface area contributed by atoms with E-state index in [2.05, 4.69) is 10.1 Å². The molecule has 78 valence electrons. The molecule has 13 heavy (non-hydrogen) atoms. The van der Waals surface area contributed by atoms with Crippen LogP contribution in [0.4, 0.5) is 4.39 Å². The molecule has 3 nitrogen and oxygen atoms in total. The zero-order valence-corrected chi connectivity index (χ0v) is 8.47. The van der Waals surface area contributed by atoms with Crippen LogP contribution in [0.3, 0.4) is 0 Å². The van der Waals surface area contributed by atoms with E-state index in [1.54, 1.807) is 0 Å². The molecule has 0 amide bonds. The maximum atomic E-state index is 11.9. The zero-order valence-electron chi connectivity index (χ0n) is 8.47. The third kappa shape index (κ3) is 9.27. The fourth-order valence-corrected chi connectivity index (χ4v) is 0.764. The van der Waals surface area contributed by atoms with Crippen LogP contribution in [0, 0.1) is 0 Å². The maximum absolute atomic E-state index is 11.9. The predicted octanol–water partition coefficient (Wildman–Crippen LogP) is 1.28. The van der Waals surface area contributed by atoms with Gasteiger partial charge in [0, 0.05) is 6.54 Å². The summed E-state index contributed by atoms with van der Waals surface area (Å²) in [5.41, 5.74) is -0.318. The summed E-state index contributed by atoms with van der Waals surface area (Å²) in [4.78, 5) is 9.60. The van der Waals surface area contributed by atoms with Crippen molar-refractivity contribution in [2.45, 2.75) is 39.0 Å². The largest absolute Gasteiger partial charge is 0.462 e. The Morgan fingerprint density at radius 3 is 2.23 bits per heavy atom. The number of hydrogen-bond acceptors (Lipinski definition) is 3. The van der Waals surface area contributed by atoms with Gasteiger partial charge in [0.1, 0.15) is 11.8 Å². The summed E-state index contributed by atoms with van der Waals surface area (Å²) in [6, 6.07) is 0. The third-order valence-corrected chi connectivity index (χ3v) is 1.40. The van der Waals surface area contributed by atoms with Crippen LogP contribution in [0.2, 0.25) is 0 Å². The van der Waals surface area contributed by atoms with E-state index in [1.807, 2.05) is 20.8 Å². The van der Waals surface area contributed by atoms with Gasteiger partial charge in [0.25, 0.3) is 6.47 Å². The van der Waals surface area contributed by atoms with Crippen molar-refractivity contribution in [3.05, 3.63) is 0 Å². The van der Waals surface area contributed by atoms with Crippen molar-refractivity contribution in [3.63, 3.8) is 0 Å². The van der Waals surface area contributed by atoms with E-state index in [1.165, 1.54) is 0 Å². The summed E-state index contributed by atoms with van der Waals surface area (Å²) in [5.74, 6) is 0. The molecule has 0 aromatic rings. The predicted molar refractivity (Wildman–Crippen MR) is 49.3 cm³/mol. The number of nitrogens with one attached hydrogen (secondary N) is 1. The Balaban J connectivity index is 0.000000223. The molecule has 0 bridgehead atoms. The second-order valence-corrected chi connectivity index (χ2v) is 3.92. The Morgan fingerprint density at radius 2 is 2.15 bits per heavy atom. The molecule has 0 unspecified atom stereocenters. The third-order valence-electron chi connectivity index (χ3n) is 1.40. The van der Waals surface area contributed by atoms with Gasteiger partial charge in [0.2, 0.25) is 0 Å². The maximum Gasteiger partial charge on any atom is 0.293 e. The Kier molecular flexibility index (Phi) is 5.62. The van der Waals surface area contributed by atoms with E-state index < -0.39 is 6.17 Å². The monoisotopic (exact) mass is 191 g/mol. The number of hydrogen-bond donors (Lipinski definition) is 1. The van der Waals surface area contributed by atoms with Gasteiger partial charge in [-0.05, 0) is 33.7 Å². The van der Waals surface area contributed by atoms with E-state index in [9.17, 15) is 9.18 Å². The molecule has 0 saturated carbocycles. The quantitative estimate of drug-likeness (QED) is 0.634. The summed E-state index contributed by atoms with van der Waals surface area (Å²) < 4.78 is 16.4. The first-order valence-corrected chi connectivity index (χ1v) is 4.42. The molecule has 1 atom stereocenters. The minimum absolute atomic E-state index is 0.318. The average molecular weight is 191 g/mol. The fourth-order valence-electron chi connectivity index (χ4n) is 0.764. The average Bonchev–Trinajstić information content (AvgIpc) is 2.38. The molecule has 0 spiro atoms. The van der Waals surface area contributed by atoms with E-state index in [-0.39, 0.29) is 5.60 Å². The van der Waals surface area contributed by atoms with Crippen LogP contribution in [0.15, 0.2) is 0 Å². The van der Waals surface area contributed by atoms with Crippen LogP contribution in [0.1, 0.15) is 27.2 Å². The SMILES string of the molecule is CC(C)(C)OC=O.F[C@@H]1CCNC1. The van der Waals surface area contributed by atoms with Gasteiger partial charge in [-0.1, -0.05) is 0 Å². The summed E-state index contributed by atoms with van der Waals surface area (Å²) in [6.45, 7) is 7.35. The number of alkyl halides is 1. The Hall–Kier alpha value is -0.640. The number of ether oxygens (including phenoxy) is 1. The molecule has 1 aliphatic heterocycles. The van der Waals surface area contributed by atoms with Gasteiger partial charge in [-0.3, -0.25) is 4.79 Å². The highest BCUT2D eigenvalue weighted by Gasteiger charge is 2.10. The zero-order chi connectivity index (χ0) is 10.3. The molecule has 1 rings (SSSR count). The second-order valence-electron chi connectivity index (χ2n) is 3.92. The van der Waals surface area contributed by atoms with Crippen molar-refractivity contribution >= 4 is 6.47 Å². The summed E-state index contributed by atoms with van der Waals surface area (Å²) in [7, 11) is 0. The number of carbonyl (C=O) groups excluding carboxylic acids is 1. The van der Waals surface area contributed by atoms with Gasteiger partial charge in [-0.2, -0.15) is 0 Å². The van der Waals surface area contributed by atoms with Crippen molar-refractivity contribution in [1.82, 2.24) is 5.32 Å². The Bertz CT molecular complexity index is 139. The highest BCUT2D eigenvalue weighted by Crippen LogP contribution is 2.02. The topological polar surface area (TPSA) is 38.3 Å². The van der Waals surface area contributed by atoms with E-state index in [0.717, 1.165) is 6.54 Å². The lowest BCUT2D eigenvalue weighted by molar-refractivity contribution is -0.138. The van der Waals surface area contributed by atoms with Crippen molar-refractivity contribution in [3.8, 4) is 0 Å². The molecular weight excluding hydrogens is 173 g/mol. The van der Waals surface area contributed by atoms with Crippen LogP contribution in [-0.2, 0) is 9.53 Å². The van der Waals surface area contributed by atoms with Gasteiger partial charge in [0.15, 0.2) is 0 Å². The van der Waals surface area contributed by atoms with Crippen molar-refractivity contribution < 1.29 is 13.9 Å². The van der Waals surface area contributed by atoms with Crippen LogP contribution < -0.4 is 5.32 Å². The molecule has 0 radical (unpaired) electrons. The molecule has 1 saturated heterocycles. The van der Waals surface area contributed by atoms with Crippen LogP contribution in [0.5, 0.6) is 0 Å². The molecule has 0 aromatic carbocycles. The van der Waals surface area contributed by atoms with Gasteiger partial charge in [-0.25, -0.2) is 4.39 Å². The molecule has 1 N–H and O–H groups in total. The van der Waals surface area contributed by atoms with Gasteiger partial charge in [0.05, 0.1) is 0 Å². The van der Waals surface area contributed by atoms with Crippen LogP contribution in [-0.4, -0.2) is 31.3 Å². The van der Waals surface area contributed by atoms with Gasteiger partial charge < -0.3 is 10.1 Å². The van der Waals surface area contributed by atoms with Crippen molar-refractivity contribution in [2.75, 3.05) is 13.1 Å². The van der Waals surface area contributed by atoms with Crippen LogP contribution >= 0.6 is 0 Å². The lowest BCUT2D eigenvalue weighted by atomic mass is 10.2. The van der Waals surface area contributed by atoms with Crippen molar-refractivity contribution in [1.29, 1.82) is 0 Å². The highest BCUT2D eigenvalue weighted by molar-refractivity contribution is 5.37.